The van der Waals surface area contributed by atoms with Gasteiger partial charge in [0.1, 0.15) is 11.5 Å². The first-order chi connectivity index (χ1) is 54.4. The minimum absolute atomic E-state index is 0. The average molecular weight is 1830 g/mol. The van der Waals surface area contributed by atoms with E-state index in [1.54, 1.807) is 49.4 Å². The van der Waals surface area contributed by atoms with E-state index in [1.807, 2.05) is 152 Å². The number of hydrogen-bond acceptors (Lipinski definition) is 12. The molecule has 0 amide bonds. The molecule has 0 saturated heterocycles. The smallest absolute Gasteiger partial charge is 0.460 e. The fraction of sp³-hybridized carbons (Fsp3) is 0.208. The molecule has 0 fully saturated rings. The summed E-state index contributed by atoms with van der Waals surface area (Å²) in [6.07, 6.45) is 19.7. The first-order valence-corrected chi connectivity index (χ1v) is 39.3. The van der Waals surface area contributed by atoms with Gasteiger partial charge in [-0.3, -0.25) is 19.7 Å². The van der Waals surface area contributed by atoms with Crippen LogP contribution in [0.15, 0.2) is 276 Å². The van der Waals surface area contributed by atoms with Gasteiger partial charge in [0.05, 0.1) is 22.1 Å². The van der Waals surface area contributed by atoms with Crippen LogP contribution in [0.1, 0.15) is 132 Å². The van der Waals surface area contributed by atoms with E-state index in [1.165, 1.54) is 32.9 Å². The van der Waals surface area contributed by atoms with Crippen LogP contribution in [0.4, 0.5) is 0 Å². The van der Waals surface area contributed by atoms with Crippen LogP contribution in [0.5, 0.6) is 46.5 Å². The molecule has 6 aromatic carbocycles. The molecule has 0 saturated carbocycles. The zero-order chi connectivity index (χ0) is 80.4. The predicted octanol–water partition coefficient (Wildman–Crippen LogP) is 25.3. The largest absolute Gasteiger partial charge is 2.00 e. The van der Waals surface area contributed by atoms with Crippen molar-refractivity contribution in [2.45, 2.75) is 131 Å². The van der Waals surface area contributed by atoms with Crippen LogP contribution in [0, 0.1) is 12.1 Å². The number of aromatic amines is 1. The molecule has 11 aromatic heterocycles. The molecule has 115 heavy (non-hydrogen) atoms. The summed E-state index contributed by atoms with van der Waals surface area (Å²) < 4.78 is 33.8. The molecular formula is C96H89Br2N11O5Pt. The number of H-pyrrole nitrogens is 1. The summed E-state index contributed by atoms with van der Waals surface area (Å²) in [5.41, 5.74) is 15.3. The van der Waals surface area contributed by atoms with Crippen molar-refractivity contribution in [2.75, 3.05) is 0 Å². The maximum absolute atomic E-state index is 10.9. The molecule has 582 valence electrons. The van der Waals surface area contributed by atoms with E-state index < -0.39 is 0 Å². The average Bonchev–Trinajstić information content (AvgIpc) is 1.61. The zero-order valence-corrected chi connectivity index (χ0v) is 72.4. The Morgan fingerprint density at radius 2 is 0.600 bits per heavy atom. The van der Waals surface area contributed by atoms with Crippen molar-refractivity contribution in [1.82, 2.24) is 53.6 Å². The van der Waals surface area contributed by atoms with Crippen LogP contribution >= 0.6 is 31.9 Å². The van der Waals surface area contributed by atoms with Crippen molar-refractivity contribution in [2.24, 2.45) is 0 Å². The maximum Gasteiger partial charge on any atom is 2.00 e. The van der Waals surface area contributed by atoms with Crippen LogP contribution in [0.2, 0.25) is 0 Å². The monoisotopic (exact) mass is 1830 g/mol. The molecule has 0 spiro atoms. The van der Waals surface area contributed by atoms with E-state index >= 15 is 0 Å². The van der Waals surface area contributed by atoms with Gasteiger partial charge < -0.3 is 37.6 Å². The van der Waals surface area contributed by atoms with Crippen LogP contribution in [0.3, 0.4) is 0 Å². The van der Waals surface area contributed by atoms with Gasteiger partial charge in [-0.2, -0.15) is 10.8 Å². The number of fused-ring (bicyclic) bond motifs is 9. The molecule has 19 heteroatoms. The Balaban J connectivity index is 0.000000146. The van der Waals surface area contributed by atoms with Crippen molar-refractivity contribution >= 4 is 97.3 Å². The fourth-order valence-corrected chi connectivity index (χ4v) is 14.2. The van der Waals surface area contributed by atoms with Gasteiger partial charge in [-0.05, 0) is 194 Å². The maximum atomic E-state index is 10.9. The van der Waals surface area contributed by atoms with Gasteiger partial charge in [0.15, 0.2) is 0 Å². The van der Waals surface area contributed by atoms with Crippen LogP contribution < -0.4 is 24.5 Å². The zero-order valence-electron chi connectivity index (χ0n) is 66.9. The second-order valence-electron chi connectivity index (χ2n) is 33.1. The summed E-state index contributed by atoms with van der Waals surface area (Å²) in [6, 6.07) is 71.7. The van der Waals surface area contributed by atoms with E-state index in [0.717, 1.165) is 97.8 Å². The minimum atomic E-state index is -0.0302. The summed E-state index contributed by atoms with van der Waals surface area (Å²) in [4.78, 5) is 43.8. The van der Waals surface area contributed by atoms with Crippen molar-refractivity contribution in [3.05, 3.63) is 322 Å². The number of halogens is 2. The summed E-state index contributed by atoms with van der Waals surface area (Å²) >= 11 is 7.14. The molecule has 0 aliphatic rings. The van der Waals surface area contributed by atoms with Gasteiger partial charge >= 0.3 is 21.1 Å². The van der Waals surface area contributed by atoms with Gasteiger partial charge in [0, 0.05) is 158 Å². The van der Waals surface area contributed by atoms with Crippen LogP contribution in [-0.4, -0.2) is 53.6 Å². The predicted molar refractivity (Wildman–Crippen MR) is 467 cm³/mol. The third-order valence-corrected chi connectivity index (χ3v) is 20.6. The fourth-order valence-electron chi connectivity index (χ4n) is 13.4. The number of rotatable bonds is 11. The van der Waals surface area contributed by atoms with Gasteiger partial charge in [0.2, 0.25) is 29.1 Å². The first-order valence-electron chi connectivity index (χ1n) is 37.7. The Kier molecular flexibility index (Phi) is 23.8. The SMILES string of the molecule is Brc1ccc2c(c1)c1cc(Br)ccc1n2-c1ccncc1.CC(C)(C)c1cc[nH]c(=O)c1.CC(C)(C)c1ccnc(Oc2[c-]c3c4[c-]c(Oc5cc(C(C)(C)C)ccn5)ccc4n(-c4ccncc4)c3cc2)c1.CC(C)(C)c1ccnc(Oc2ccc3c(c2)c2cc(Oc4cc(C(C)(C)C)ccn4)ccc2n3-c2ccncc2)c1.[Pt+2]. The number of pyridine rings is 8. The van der Waals surface area contributed by atoms with Gasteiger partial charge in [-0.25, -0.2) is 19.9 Å². The first kappa shape index (κ1) is 81.6. The summed E-state index contributed by atoms with van der Waals surface area (Å²) in [6.45, 7) is 32.4. The van der Waals surface area contributed by atoms with Crippen molar-refractivity contribution in [3.8, 4) is 63.6 Å². The molecule has 16 nitrogen and oxygen atoms in total. The normalized spacial score (nSPS) is 11.8. The number of nitrogens with one attached hydrogen (secondary N) is 1. The number of aromatic nitrogens is 11. The second kappa shape index (κ2) is 33.6. The Labute approximate surface area is 701 Å². The minimum Gasteiger partial charge on any atom is -0.460 e. The molecule has 17 rings (SSSR count). The molecule has 11 heterocycles. The van der Waals surface area contributed by atoms with Crippen molar-refractivity contribution in [3.63, 3.8) is 0 Å². The molecule has 0 unspecified atom stereocenters. The topological polar surface area (TPSA) is 175 Å². The summed E-state index contributed by atoms with van der Waals surface area (Å²) in [7, 11) is 0. The van der Waals surface area contributed by atoms with Crippen LogP contribution in [0.25, 0.3) is 82.5 Å². The van der Waals surface area contributed by atoms with E-state index in [0.29, 0.717) is 35.0 Å². The van der Waals surface area contributed by atoms with E-state index in [4.69, 9.17) is 18.9 Å². The number of benzene rings is 6. The van der Waals surface area contributed by atoms with Gasteiger partial charge in [-0.1, -0.05) is 147 Å². The Morgan fingerprint density at radius 3 is 0.913 bits per heavy atom. The molecule has 0 aliphatic carbocycles. The molecule has 0 bridgehead atoms. The summed E-state index contributed by atoms with van der Waals surface area (Å²) in [5.74, 6) is 4.79. The van der Waals surface area contributed by atoms with E-state index in [9.17, 15) is 4.79 Å². The number of hydrogen-bond donors (Lipinski definition) is 1. The van der Waals surface area contributed by atoms with Crippen LogP contribution in [-0.2, 0) is 48.1 Å². The molecule has 17 aromatic rings. The van der Waals surface area contributed by atoms with E-state index in [-0.39, 0.29) is 53.7 Å². The number of ether oxygens (including phenoxy) is 4. The second-order valence-corrected chi connectivity index (χ2v) is 34.9. The Hall–Kier alpha value is -11.4. The molecule has 0 radical (unpaired) electrons. The van der Waals surface area contributed by atoms with Crippen molar-refractivity contribution in [1.29, 1.82) is 0 Å². The molecular weight excluding hydrogens is 1740 g/mol. The quantitative estimate of drug-likeness (QED) is 0.122. The summed E-state index contributed by atoms with van der Waals surface area (Å²) in [5, 5.41) is 6.28. The molecule has 0 atom stereocenters. The van der Waals surface area contributed by atoms with Crippen molar-refractivity contribution < 1.29 is 40.0 Å². The Morgan fingerprint density at radius 1 is 0.313 bits per heavy atom. The van der Waals surface area contributed by atoms with Gasteiger partial charge in [-0.15, -0.1) is 36.4 Å². The van der Waals surface area contributed by atoms with Gasteiger partial charge in [0.25, 0.3) is 0 Å². The van der Waals surface area contributed by atoms with E-state index in [2.05, 4.69) is 262 Å². The Bertz CT molecular complexity index is 5840. The molecule has 1 N–H and O–H groups in total. The number of nitrogens with zero attached hydrogens (tertiary/aromatic N) is 10. The third-order valence-electron chi connectivity index (χ3n) is 19.6. The standard InChI is InChI=1S/C35H34N4O2.C35H32N4O2.C17H10Br2N2.C9H13NO.Pt/c2*1-34(2,3)23-11-17-37-32(19-23)40-26-7-9-30-28(21-26)29-22-27(41-33-20-24(12-18-38-33)35(4,5)6)8-10-31(29)39(30)25-13-15-36-16-14-25;18-11-1-3-16-14(9-11)15-10-12(19)2-4-17(15)21(16)13-5-7-20-8-6-13;1-9(2,3)7-4-5-10-8(11)6-7;/h7-22H,1-6H3;7-20H,1-6H3;1-10H;4-6H,1-3H3,(H,10,11);/q;-2;;;+2. The third kappa shape index (κ3) is 18.9. The molecule has 0 aliphatic heterocycles.